The van der Waals surface area contributed by atoms with Crippen LogP contribution in [-0.4, -0.2) is 22.1 Å². The van der Waals surface area contributed by atoms with E-state index < -0.39 is 0 Å². The molecule has 5 heteroatoms. The predicted octanol–water partition coefficient (Wildman–Crippen LogP) is 4.03. The number of hydrogen-bond acceptors (Lipinski definition) is 2. The molecular formula is C16H19BrN2O2. The van der Waals surface area contributed by atoms with E-state index >= 15 is 0 Å². The van der Waals surface area contributed by atoms with Crippen LogP contribution in [0.15, 0.2) is 41.0 Å². The maximum atomic E-state index is 12.8. The number of carbonyl (C=O) groups is 1. The molecule has 0 aliphatic heterocycles. The van der Waals surface area contributed by atoms with Crippen molar-refractivity contribution < 1.29 is 9.90 Å². The lowest BCUT2D eigenvalue weighted by Crippen LogP contribution is -2.32. The second-order valence-electron chi connectivity index (χ2n) is 4.81. The summed E-state index contributed by atoms with van der Waals surface area (Å²) in [5.74, 6) is 0.0890. The molecule has 0 bridgehead atoms. The molecule has 1 amide bonds. The predicted molar refractivity (Wildman–Crippen MR) is 87.9 cm³/mol. The number of rotatable bonds is 5. The molecule has 1 aromatic heterocycles. The number of aryl methyl sites for hydroxylation is 1. The first-order valence-electron chi connectivity index (χ1n) is 7.03. The number of carbonyl (C=O) groups excluding carboxylic acids is 1. The molecule has 0 saturated heterocycles. The SMILES string of the molecule is CCCn1cc(Br)cc1C(=O)N(CC)c1cccc(O)c1. The number of amides is 1. The van der Waals surface area contributed by atoms with E-state index in [-0.39, 0.29) is 11.7 Å². The number of phenols is 1. The van der Waals surface area contributed by atoms with E-state index in [1.54, 1.807) is 23.1 Å². The molecule has 0 spiro atoms. The molecule has 0 fully saturated rings. The van der Waals surface area contributed by atoms with Gasteiger partial charge in [-0.1, -0.05) is 13.0 Å². The maximum Gasteiger partial charge on any atom is 0.274 e. The number of anilines is 1. The molecule has 4 nitrogen and oxygen atoms in total. The molecule has 0 unspecified atom stereocenters. The quantitative estimate of drug-likeness (QED) is 0.884. The van der Waals surface area contributed by atoms with Crippen LogP contribution < -0.4 is 4.90 Å². The zero-order valence-electron chi connectivity index (χ0n) is 12.2. The van der Waals surface area contributed by atoms with Crippen LogP contribution in [0.25, 0.3) is 0 Å². The summed E-state index contributed by atoms with van der Waals surface area (Å²) in [6.45, 7) is 5.33. The fourth-order valence-corrected chi connectivity index (χ4v) is 2.79. The van der Waals surface area contributed by atoms with Crippen LogP contribution in [0, 0.1) is 0 Å². The third-order valence-electron chi connectivity index (χ3n) is 3.25. The molecule has 1 N–H and O–H groups in total. The minimum absolute atomic E-state index is 0.0674. The van der Waals surface area contributed by atoms with Crippen LogP contribution in [0.5, 0.6) is 5.75 Å². The van der Waals surface area contributed by atoms with Gasteiger partial charge in [0.25, 0.3) is 5.91 Å². The summed E-state index contributed by atoms with van der Waals surface area (Å²) in [5.41, 5.74) is 1.34. The summed E-state index contributed by atoms with van der Waals surface area (Å²) in [5, 5.41) is 9.60. The fraction of sp³-hybridized carbons (Fsp3) is 0.312. The van der Waals surface area contributed by atoms with Crippen LogP contribution in [0.1, 0.15) is 30.8 Å². The molecule has 0 aliphatic carbocycles. The molecular weight excluding hydrogens is 332 g/mol. The van der Waals surface area contributed by atoms with Crippen molar-refractivity contribution in [2.45, 2.75) is 26.8 Å². The van der Waals surface area contributed by atoms with Gasteiger partial charge in [-0.05, 0) is 47.5 Å². The number of aromatic nitrogens is 1. The first kappa shape index (κ1) is 15.6. The van der Waals surface area contributed by atoms with Gasteiger partial charge in [0.1, 0.15) is 11.4 Å². The van der Waals surface area contributed by atoms with E-state index in [4.69, 9.17) is 0 Å². The van der Waals surface area contributed by atoms with Gasteiger partial charge in [0, 0.05) is 35.5 Å². The van der Waals surface area contributed by atoms with Crippen molar-refractivity contribution in [3.63, 3.8) is 0 Å². The maximum absolute atomic E-state index is 12.8. The molecule has 0 atom stereocenters. The van der Waals surface area contributed by atoms with Crippen molar-refractivity contribution in [3.05, 3.63) is 46.7 Å². The smallest absolute Gasteiger partial charge is 0.274 e. The average molecular weight is 351 g/mol. The molecule has 0 radical (unpaired) electrons. The molecule has 0 aliphatic rings. The number of aromatic hydroxyl groups is 1. The van der Waals surface area contributed by atoms with Crippen molar-refractivity contribution in [2.75, 3.05) is 11.4 Å². The van der Waals surface area contributed by atoms with Gasteiger partial charge in [-0.15, -0.1) is 0 Å². The van der Waals surface area contributed by atoms with Crippen molar-refractivity contribution in [3.8, 4) is 5.75 Å². The first-order chi connectivity index (χ1) is 10.1. The third kappa shape index (κ3) is 3.47. The highest BCUT2D eigenvalue weighted by Crippen LogP contribution is 2.23. The Hall–Kier alpha value is -1.75. The Bertz CT molecular complexity index is 637. The van der Waals surface area contributed by atoms with E-state index in [0.717, 1.165) is 17.4 Å². The van der Waals surface area contributed by atoms with Gasteiger partial charge >= 0.3 is 0 Å². The highest BCUT2D eigenvalue weighted by Gasteiger charge is 2.20. The first-order valence-corrected chi connectivity index (χ1v) is 7.82. The lowest BCUT2D eigenvalue weighted by molar-refractivity contribution is 0.0979. The molecule has 1 heterocycles. The van der Waals surface area contributed by atoms with Crippen LogP contribution in [-0.2, 0) is 6.54 Å². The van der Waals surface area contributed by atoms with Gasteiger partial charge in [-0.25, -0.2) is 0 Å². The largest absolute Gasteiger partial charge is 0.508 e. The van der Waals surface area contributed by atoms with E-state index in [1.165, 1.54) is 0 Å². The number of nitrogens with zero attached hydrogens (tertiary/aromatic N) is 2. The Balaban J connectivity index is 2.36. The summed E-state index contributed by atoms with van der Waals surface area (Å²) in [6, 6.07) is 8.59. The van der Waals surface area contributed by atoms with Gasteiger partial charge in [-0.3, -0.25) is 4.79 Å². The lowest BCUT2D eigenvalue weighted by Gasteiger charge is -2.22. The Labute approximate surface area is 133 Å². The fourth-order valence-electron chi connectivity index (χ4n) is 2.32. The lowest BCUT2D eigenvalue weighted by atomic mass is 10.2. The van der Waals surface area contributed by atoms with E-state index in [2.05, 4.69) is 22.9 Å². The summed E-state index contributed by atoms with van der Waals surface area (Å²) in [4.78, 5) is 14.5. The van der Waals surface area contributed by atoms with Crippen LogP contribution in [0.3, 0.4) is 0 Å². The second kappa shape index (κ2) is 6.80. The van der Waals surface area contributed by atoms with Gasteiger partial charge < -0.3 is 14.6 Å². The van der Waals surface area contributed by atoms with Crippen molar-refractivity contribution in [1.82, 2.24) is 4.57 Å². The van der Waals surface area contributed by atoms with Crippen molar-refractivity contribution in [1.29, 1.82) is 0 Å². The highest BCUT2D eigenvalue weighted by molar-refractivity contribution is 9.10. The van der Waals surface area contributed by atoms with E-state index in [9.17, 15) is 9.90 Å². The van der Waals surface area contributed by atoms with Crippen LogP contribution in [0.2, 0.25) is 0 Å². The van der Waals surface area contributed by atoms with Crippen molar-refractivity contribution >= 4 is 27.5 Å². The average Bonchev–Trinajstić information content (AvgIpc) is 2.81. The molecule has 2 rings (SSSR count). The number of phenolic OH excluding ortho intramolecular Hbond substituents is 1. The summed E-state index contributed by atoms with van der Waals surface area (Å²) >= 11 is 3.43. The Morgan fingerprint density at radius 3 is 2.71 bits per heavy atom. The van der Waals surface area contributed by atoms with Gasteiger partial charge in [0.15, 0.2) is 0 Å². The highest BCUT2D eigenvalue weighted by atomic mass is 79.9. The monoisotopic (exact) mass is 350 g/mol. The minimum Gasteiger partial charge on any atom is -0.508 e. The van der Waals surface area contributed by atoms with Gasteiger partial charge in [-0.2, -0.15) is 0 Å². The summed E-state index contributed by atoms with van der Waals surface area (Å²) < 4.78 is 2.85. The van der Waals surface area contributed by atoms with E-state index in [0.29, 0.717) is 17.9 Å². The molecule has 21 heavy (non-hydrogen) atoms. The minimum atomic E-state index is -0.0674. The van der Waals surface area contributed by atoms with Crippen molar-refractivity contribution in [2.24, 2.45) is 0 Å². The molecule has 1 aromatic carbocycles. The number of halogens is 1. The van der Waals surface area contributed by atoms with E-state index in [1.807, 2.05) is 29.8 Å². The Morgan fingerprint density at radius 2 is 2.10 bits per heavy atom. The third-order valence-corrected chi connectivity index (χ3v) is 3.68. The Morgan fingerprint density at radius 1 is 1.33 bits per heavy atom. The number of benzene rings is 1. The molecule has 0 saturated carbocycles. The molecule has 2 aromatic rings. The van der Waals surface area contributed by atoms with Crippen LogP contribution in [0.4, 0.5) is 5.69 Å². The molecule has 112 valence electrons. The van der Waals surface area contributed by atoms with Crippen LogP contribution >= 0.6 is 15.9 Å². The van der Waals surface area contributed by atoms with Gasteiger partial charge in [0.05, 0.1) is 0 Å². The standard InChI is InChI=1S/C16H19BrN2O2/c1-3-8-18-11-12(17)9-15(18)16(21)19(4-2)13-6-5-7-14(20)10-13/h5-7,9-11,20H,3-4,8H2,1-2H3. The normalized spacial score (nSPS) is 10.6. The zero-order valence-corrected chi connectivity index (χ0v) is 13.8. The van der Waals surface area contributed by atoms with Gasteiger partial charge in [0.2, 0.25) is 0 Å². The number of hydrogen-bond donors (Lipinski definition) is 1. The topological polar surface area (TPSA) is 45.5 Å². The summed E-state index contributed by atoms with van der Waals surface area (Å²) in [6.07, 6.45) is 2.88. The zero-order chi connectivity index (χ0) is 15.4. The Kier molecular flexibility index (Phi) is 5.07. The summed E-state index contributed by atoms with van der Waals surface area (Å²) in [7, 11) is 0. The second-order valence-corrected chi connectivity index (χ2v) is 5.72.